The normalized spacial score (nSPS) is 22.8. The molecule has 1 amide bonds. The number of hydrogen-bond acceptors (Lipinski definition) is 3. The highest BCUT2D eigenvalue weighted by molar-refractivity contribution is 5.85. The van der Waals surface area contributed by atoms with Crippen LogP contribution in [0.1, 0.15) is 46.0 Å². The molecule has 0 radical (unpaired) electrons. The third-order valence-electron chi connectivity index (χ3n) is 3.63. The Hall–Kier alpha value is -0.610. The smallest absolute Gasteiger partial charge is 0.252 e. The molecule has 0 spiro atoms. The van der Waals surface area contributed by atoms with Crippen molar-refractivity contribution in [3.05, 3.63) is 0 Å². The average Bonchev–Trinajstić information content (AvgIpc) is 2.72. The van der Waals surface area contributed by atoms with E-state index < -0.39 is 11.7 Å². The fourth-order valence-corrected chi connectivity index (χ4v) is 2.02. The second-order valence-corrected chi connectivity index (χ2v) is 4.90. The van der Waals surface area contributed by atoms with E-state index in [1.54, 1.807) is 0 Å². The summed E-state index contributed by atoms with van der Waals surface area (Å²) in [6.07, 6.45) is 3.23. The van der Waals surface area contributed by atoms with Crippen molar-refractivity contribution in [1.82, 2.24) is 5.32 Å². The van der Waals surface area contributed by atoms with Crippen LogP contribution in [0.3, 0.4) is 0 Å². The monoisotopic (exact) mass is 229 g/mol. The number of aliphatic hydroxyl groups is 2. The minimum Gasteiger partial charge on any atom is -0.391 e. The quantitative estimate of drug-likeness (QED) is 0.653. The van der Waals surface area contributed by atoms with Crippen molar-refractivity contribution < 1.29 is 15.0 Å². The Morgan fingerprint density at radius 2 is 2.00 bits per heavy atom. The predicted octanol–water partition coefficient (Wildman–Crippen LogP) is 0.815. The van der Waals surface area contributed by atoms with E-state index in [4.69, 9.17) is 0 Å². The zero-order valence-electron chi connectivity index (χ0n) is 10.2. The third kappa shape index (κ3) is 3.19. The lowest BCUT2D eigenvalue weighted by molar-refractivity contribution is -0.139. The highest BCUT2D eigenvalue weighted by Crippen LogP contribution is 2.29. The van der Waals surface area contributed by atoms with Gasteiger partial charge >= 0.3 is 0 Å². The number of carbonyl (C=O) groups is 1. The van der Waals surface area contributed by atoms with Crippen LogP contribution in [-0.2, 0) is 4.79 Å². The van der Waals surface area contributed by atoms with Crippen LogP contribution in [-0.4, -0.2) is 34.4 Å². The molecule has 94 valence electrons. The second-order valence-electron chi connectivity index (χ2n) is 4.90. The van der Waals surface area contributed by atoms with E-state index in [1.165, 1.54) is 0 Å². The summed E-state index contributed by atoms with van der Waals surface area (Å²) in [5, 5.41) is 22.3. The summed E-state index contributed by atoms with van der Waals surface area (Å²) < 4.78 is 0. The molecular weight excluding hydrogens is 206 g/mol. The van der Waals surface area contributed by atoms with E-state index in [9.17, 15) is 15.0 Å². The fourth-order valence-electron chi connectivity index (χ4n) is 2.02. The van der Waals surface area contributed by atoms with Gasteiger partial charge in [-0.25, -0.2) is 0 Å². The van der Waals surface area contributed by atoms with Gasteiger partial charge in [0.1, 0.15) is 5.60 Å². The molecule has 0 aromatic carbocycles. The lowest BCUT2D eigenvalue weighted by Crippen LogP contribution is -2.47. The molecule has 4 heteroatoms. The molecule has 0 saturated heterocycles. The predicted molar refractivity (Wildman–Crippen MR) is 61.9 cm³/mol. The van der Waals surface area contributed by atoms with Gasteiger partial charge in [-0.15, -0.1) is 0 Å². The van der Waals surface area contributed by atoms with Crippen molar-refractivity contribution in [2.24, 2.45) is 5.92 Å². The second kappa shape index (κ2) is 5.64. The van der Waals surface area contributed by atoms with Crippen molar-refractivity contribution in [3.8, 4) is 0 Å². The molecule has 16 heavy (non-hydrogen) atoms. The van der Waals surface area contributed by atoms with E-state index in [1.807, 2.05) is 13.8 Å². The molecule has 0 aromatic rings. The zero-order chi connectivity index (χ0) is 12.2. The molecule has 0 bridgehead atoms. The van der Waals surface area contributed by atoms with E-state index >= 15 is 0 Å². The number of aliphatic hydroxyl groups excluding tert-OH is 1. The van der Waals surface area contributed by atoms with Crippen LogP contribution >= 0.6 is 0 Å². The van der Waals surface area contributed by atoms with Crippen LogP contribution in [0.15, 0.2) is 0 Å². The summed E-state index contributed by atoms with van der Waals surface area (Å²) >= 11 is 0. The van der Waals surface area contributed by atoms with Gasteiger partial charge in [0.25, 0.3) is 5.91 Å². The molecule has 3 N–H and O–H groups in total. The topological polar surface area (TPSA) is 69.6 Å². The van der Waals surface area contributed by atoms with Gasteiger partial charge in [-0.3, -0.25) is 4.79 Å². The van der Waals surface area contributed by atoms with Gasteiger partial charge in [-0.2, -0.15) is 0 Å². The summed E-state index contributed by atoms with van der Waals surface area (Å²) in [6.45, 7) is 4.18. The summed E-state index contributed by atoms with van der Waals surface area (Å²) in [7, 11) is 0. The van der Waals surface area contributed by atoms with Crippen molar-refractivity contribution in [3.63, 3.8) is 0 Å². The lowest BCUT2D eigenvalue weighted by atomic mass is 9.99. The highest BCUT2D eigenvalue weighted by atomic mass is 16.3. The lowest BCUT2D eigenvalue weighted by Gasteiger charge is -2.23. The molecule has 1 fully saturated rings. The average molecular weight is 229 g/mol. The van der Waals surface area contributed by atoms with Crippen LogP contribution in [0.5, 0.6) is 0 Å². The Labute approximate surface area is 97.0 Å². The maximum atomic E-state index is 11.7. The van der Waals surface area contributed by atoms with Gasteiger partial charge in [0.05, 0.1) is 6.10 Å². The van der Waals surface area contributed by atoms with Gasteiger partial charge in [-0.05, 0) is 31.6 Å². The molecular formula is C12H23NO3. The Morgan fingerprint density at radius 1 is 1.44 bits per heavy atom. The maximum Gasteiger partial charge on any atom is 0.252 e. The Morgan fingerprint density at radius 3 is 2.50 bits per heavy atom. The molecule has 2 unspecified atom stereocenters. The van der Waals surface area contributed by atoms with Gasteiger partial charge in [0.15, 0.2) is 0 Å². The molecule has 0 aromatic heterocycles. The van der Waals surface area contributed by atoms with Crippen LogP contribution in [0.2, 0.25) is 0 Å². The maximum absolute atomic E-state index is 11.7. The number of hydrogen-bond donors (Lipinski definition) is 3. The summed E-state index contributed by atoms with van der Waals surface area (Å²) in [6, 6.07) is 0. The molecule has 1 aliphatic rings. The van der Waals surface area contributed by atoms with Crippen LogP contribution in [0.4, 0.5) is 0 Å². The first-order valence-corrected chi connectivity index (χ1v) is 6.18. The van der Waals surface area contributed by atoms with Crippen LogP contribution in [0, 0.1) is 5.92 Å². The summed E-state index contributed by atoms with van der Waals surface area (Å²) in [5.41, 5.74) is -1.19. The van der Waals surface area contributed by atoms with E-state index in [2.05, 4.69) is 5.32 Å². The van der Waals surface area contributed by atoms with Crippen molar-refractivity contribution >= 4 is 5.91 Å². The molecule has 1 aliphatic carbocycles. The largest absolute Gasteiger partial charge is 0.391 e. The minimum absolute atomic E-state index is 0.165. The first kappa shape index (κ1) is 13.5. The van der Waals surface area contributed by atoms with E-state index in [-0.39, 0.29) is 18.4 Å². The van der Waals surface area contributed by atoms with Gasteiger partial charge < -0.3 is 15.5 Å². The van der Waals surface area contributed by atoms with E-state index in [0.717, 1.165) is 19.3 Å². The molecule has 1 saturated carbocycles. The number of carbonyl (C=O) groups excluding carboxylic acids is 1. The first-order chi connectivity index (χ1) is 7.49. The summed E-state index contributed by atoms with van der Waals surface area (Å²) in [4.78, 5) is 11.7. The number of nitrogens with one attached hydrogen (secondary N) is 1. The standard InChI is InChI=1S/C12H23NO3/c1-3-9(2)10(14)8-13-11(15)12(16)6-4-5-7-12/h9-10,14,16H,3-8H2,1-2H3,(H,13,15). The minimum atomic E-state index is -1.19. The molecule has 1 rings (SSSR count). The molecule has 0 heterocycles. The Balaban J connectivity index is 2.35. The van der Waals surface area contributed by atoms with Gasteiger partial charge in [-0.1, -0.05) is 20.3 Å². The van der Waals surface area contributed by atoms with Gasteiger partial charge in [0, 0.05) is 6.54 Å². The SMILES string of the molecule is CCC(C)C(O)CNC(=O)C1(O)CCCC1. The Bertz CT molecular complexity index is 236. The molecule has 4 nitrogen and oxygen atoms in total. The van der Waals surface area contributed by atoms with Crippen molar-refractivity contribution in [2.75, 3.05) is 6.54 Å². The van der Waals surface area contributed by atoms with Gasteiger partial charge in [0.2, 0.25) is 0 Å². The summed E-state index contributed by atoms with van der Waals surface area (Å²) in [5.74, 6) is -0.161. The van der Waals surface area contributed by atoms with Crippen LogP contribution in [0.25, 0.3) is 0 Å². The number of rotatable bonds is 5. The van der Waals surface area contributed by atoms with Crippen LogP contribution < -0.4 is 5.32 Å². The highest BCUT2D eigenvalue weighted by Gasteiger charge is 2.38. The van der Waals surface area contributed by atoms with E-state index in [0.29, 0.717) is 12.8 Å². The Kier molecular flexibility index (Phi) is 4.74. The first-order valence-electron chi connectivity index (χ1n) is 6.18. The molecule has 0 aliphatic heterocycles. The third-order valence-corrected chi connectivity index (χ3v) is 3.63. The molecule has 2 atom stereocenters. The van der Waals surface area contributed by atoms with Crippen molar-refractivity contribution in [1.29, 1.82) is 0 Å². The zero-order valence-corrected chi connectivity index (χ0v) is 10.2. The van der Waals surface area contributed by atoms with Crippen molar-refractivity contribution in [2.45, 2.75) is 57.7 Å². The number of amides is 1. The fraction of sp³-hybridized carbons (Fsp3) is 0.917.